The van der Waals surface area contributed by atoms with Gasteiger partial charge in [-0.2, -0.15) is 5.26 Å². The number of nitrogens with zero attached hydrogens (tertiary/aromatic N) is 2. The number of rotatable bonds is 4. The molecule has 0 unspecified atom stereocenters. The summed E-state index contributed by atoms with van der Waals surface area (Å²) >= 11 is 0. The van der Waals surface area contributed by atoms with E-state index in [0.717, 1.165) is 31.2 Å². The van der Waals surface area contributed by atoms with E-state index in [2.05, 4.69) is 13.0 Å². The molecule has 1 heterocycles. The lowest BCUT2D eigenvalue weighted by molar-refractivity contribution is -0.132. The van der Waals surface area contributed by atoms with Crippen molar-refractivity contribution in [3.05, 3.63) is 35.9 Å². The maximum Gasteiger partial charge on any atom is 0.222 e. The van der Waals surface area contributed by atoms with Crippen LogP contribution in [0, 0.1) is 11.3 Å². The first kappa shape index (κ1) is 14.6. The van der Waals surface area contributed by atoms with Gasteiger partial charge in [0.25, 0.3) is 0 Å². The number of carbonyl (C=O) groups excluding carboxylic acids is 1. The average molecular weight is 270 g/mol. The van der Waals surface area contributed by atoms with Gasteiger partial charge in [0.2, 0.25) is 5.91 Å². The number of carbonyl (C=O) groups is 1. The van der Waals surface area contributed by atoms with Crippen LogP contribution in [-0.4, -0.2) is 23.9 Å². The lowest BCUT2D eigenvalue weighted by atomic mass is 9.74. The highest BCUT2D eigenvalue weighted by Crippen LogP contribution is 2.35. The van der Waals surface area contributed by atoms with Crippen molar-refractivity contribution in [2.75, 3.05) is 13.1 Å². The molecule has 0 bridgehead atoms. The first-order valence-electron chi connectivity index (χ1n) is 7.46. The summed E-state index contributed by atoms with van der Waals surface area (Å²) in [5.41, 5.74) is 0.672. The third-order valence-electron chi connectivity index (χ3n) is 4.25. The van der Waals surface area contributed by atoms with Gasteiger partial charge < -0.3 is 4.90 Å². The Kier molecular flexibility index (Phi) is 4.79. The van der Waals surface area contributed by atoms with Gasteiger partial charge in [-0.3, -0.25) is 4.79 Å². The van der Waals surface area contributed by atoms with Crippen LogP contribution in [0.25, 0.3) is 0 Å². The number of hydrogen-bond donors (Lipinski definition) is 0. The molecule has 0 N–H and O–H groups in total. The summed E-state index contributed by atoms with van der Waals surface area (Å²) < 4.78 is 0. The van der Waals surface area contributed by atoms with Gasteiger partial charge in [0.05, 0.1) is 11.5 Å². The molecule has 0 saturated carbocycles. The second kappa shape index (κ2) is 6.56. The van der Waals surface area contributed by atoms with Gasteiger partial charge in [0.1, 0.15) is 0 Å². The normalized spacial score (nSPS) is 17.5. The molecule has 0 aromatic heterocycles. The summed E-state index contributed by atoms with van der Waals surface area (Å²) in [6.07, 6.45) is 4.13. The predicted molar refractivity (Wildman–Crippen MR) is 79.1 cm³/mol. The first-order chi connectivity index (χ1) is 9.72. The summed E-state index contributed by atoms with van der Waals surface area (Å²) in [6.45, 7) is 3.50. The third kappa shape index (κ3) is 3.01. The highest BCUT2D eigenvalue weighted by Gasteiger charge is 2.37. The van der Waals surface area contributed by atoms with Gasteiger partial charge in [-0.1, -0.05) is 43.7 Å². The molecule has 3 nitrogen and oxygen atoms in total. The highest BCUT2D eigenvalue weighted by molar-refractivity contribution is 5.76. The van der Waals surface area contributed by atoms with Crippen LogP contribution in [0.2, 0.25) is 0 Å². The van der Waals surface area contributed by atoms with Crippen LogP contribution in [0.1, 0.15) is 44.6 Å². The van der Waals surface area contributed by atoms with E-state index in [9.17, 15) is 10.1 Å². The number of nitriles is 1. The summed E-state index contributed by atoms with van der Waals surface area (Å²) in [5, 5.41) is 9.61. The van der Waals surface area contributed by atoms with Crippen molar-refractivity contribution in [1.82, 2.24) is 4.90 Å². The monoisotopic (exact) mass is 270 g/mol. The Hall–Kier alpha value is -1.82. The molecule has 1 saturated heterocycles. The second-order valence-electron chi connectivity index (χ2n) is 5.54. The van der Waals surface area contributed by atoms with Gasteiger partial charge in [0, 0.05) is 19.5 Å². The fourth-order valence-corrected chi connectivity index (χ4v) is 2.85. The molecule has 1 aromatic rings. The van der Waals surface area contributed by atoms with Crippen LogP contribution in [-0.2, 0) is 10.2 Å². The SMILES string of the molecule is CCCCC(=O)N1CCC(C#N)(c2ccccc2)CC1. The van der Waals surface area contributed by atoms with Crippen LogP contribution >= 0.6 is 0 Å². The number of amides is 1. The number of benzene rings is 1. The Balaban J connectivity index is 2.02. The average Bonchev–Trinajstić information content (AvgIpc) is 2.53. The maximum atomic E-state index is 12.0. The Morgan fingerprint density at radius 3 is 2.50 bits per heavy atom. The van der Waals surface area contributed by atoms with Crippen LogP contribution < -0.4 is 0 Å². The Bertz CT molecular complexity index is 481. The summed E-state index contributed by atoms with van der Waals surface area (Å²) in [5.74, 6) is 0.242. The molecule has 1 aromatic carbocycles. The lowest BCUT2D eigenvalue weighted by Gasteiger charge is -2.37. The van der Waals surface area contributed by atoms with E-state index >= 15 is 0 Å². The fourth-order valence-electron chi connectivity index (χ4n) is 2.85. The highest BCUT2D eigenvalue weighted by atomic mass is 16.2. The molecular formula is C17H22N2O. The molecule has 0 aliphatic carbocycles. The maximum absolute atomic E-state index is 12.0. The second-order valence-corrected chi connectivity index (χ2v) is 5.54. The van der Waals surface area contributed by atoms with E-state index < -0.39 is 5.41 Å². The quantitative estimate of drug-likeness (QED) is 0.843. The zero-order chi connectivity index (χ0) is 14.4. The molecule has 0 radical (unpaired) electrons. The Morgan fingerprint density at radius 2 is 1.95 bits per heavy atom. The molecular weight excluding hydrogens is 248 g/mol. The van der Waals surface area contributed by atoms with Crippen molar-refractivity contribution in [2.45, 2.75) is 44.4 Å². The number of hydrogen-bond acceptors (Lipinski definition) is 2. The van der Waals surface area contributed by atoms with Crippen LogP contribution in [0.5, 0.6) is 0 Å². The minimum absolute atomic E-state index is 0.242. The minimum atomic E-state index is -0.414. The molecule has 1 aliphatic heterocycles. The molecule has 3 heteroatoms. The summed E-state index contributed by atoms with van der Waals surface area (Å²) in [7, 11) is 0. The zero-order valence-electron chi connectivity index (χ0n) is 12.1. The van der Waals surface area contributed by atoms with E-state index in [0.29, 0.717) is 19.5 Å². The largest absolute Gasteiger partial charge is 0.343 e. The van der Waals surface area contributed by atoms with Gasteiger partial charge in [-0.05, 0) is 24.8 Å². The van der Waals surface area contributed by atoms with E-state index in [4.69, 9.17) is 0 Å². The predicted octanol–water partition coefficient (Wildman–Crippen LogP) is 3.26. The molecule has 20 heavy (non-hydrogen) atoms. The van der Waals surface area contributed by atoms with Gasteiger partial charge in [-0.15, -0.1) is 0 Å². The van der Waals surface area contributed by atoms with Gasteiger partial charge >= 0.3 is 0 Å². The van der Waals surface area contributed by atoms with Gasteiger partial charge in [0.15, 0.2) is 0 Å². The Labute approximate surface area is 121 Å². The van der Waals surface area contributed by atoms with Crippen molar-refractivity contribution >= 4 is 5.91 Å². The molecule has 106 valence electrons. The zero-order valence-corrected chi connectivity index (χ0v) is 12.1. The number of piperidine rings is 1. The van der Waals surface area contributed by atoms with Crippen molar-refractivity contribution in [1.29, 1.82) is 5.26 Å². The molecule has 1 aliphatic rings. The van der Waals surface area contributed by atoms with Crippen LogP contribution in [0.15, 0.2) is 30.3 Å². The standard InChI is InChI=1S/C17H22N2O/c1-2-3-9-16(20)19-12-10-17(14-18,11-13-19)15-7-5-4-6-8-15/h4-8H,2-3,9-13H2,1H3. The molecule has 0 atom stereocenters. The van der Waals surface area contributed by atoms with Crippen LogP contribution in [0.4, 0.5) is 0 Å². The van der Waals surface area contributed by atoms with E-state index in [1.807, 2.05) is 35.2 Å². The van der Waals surface area contributed by atoms with Crippen molar-refractivity contribution in [3.8, 4) is 6.07 Å². The molecule has 2 rings (SSSR count). The van der Waals surface area contributed by atoms with Crippen molar-refractivity contribution < 1.29 is 4.79 Å². The van der Waals surface area contributed by atoms with E-state index in [-0.39, 0.29) is 5.91 Å². The summed E-state index contributed by atoms with van der Waals surface area (Å²) in [4.78, 5) is 14.0. The lowest BCUT2D eigenvalue weighted by Crippen LogP contribution is -2.44. The van der Waals surface area contributed by atoms with Gasteiger partial charge in [-0.25, -0.2) is 0 Å². The first-order valence-corrected chi connectivity index (χ1v) is 7.46. The third-order valence-corrected chi connectivity index (χ3v) is 4.25. The van der Waals surface area contributed by atoms with E-state index in [1.54, 1.807) is 0 Å². The van der Waals surface area contributed by atoms with Crippen molar-refractivity contribution in [2.24, 2.45) is 0 Å². The number of unbranched alkanes of at least 4 members (excludes halogenated alkanes) is 1. The van der Waals surface area contributed by atoms with Crippen LogP contribution in [0.3, 0.4) is 0 Å². The van der Waals surface area contributed by atoms with E-state index in [1.165, 1.54) is 0 Å². The molecule has 0 spiro atoms. The smallest absolute Gasteiger partial charge is 0.222 e. The number of likely N-dealkylation sites (tertiary alicyclic amines) is 1. The topological polar surface area (TPSA) is 44.1 Å². The summed E-state index contributed by atoms with van der Waals surface area (Å²) in [6, 6.07) is 12.5. The fraction of sp³-hybridized carbons (Fsp3) is 0.529. The van der Waals surface area contributed by atoms with Crippen molar-refractivity contribution in [3.63, 3.8) is 0 Å². The molecule has 1 amide bonds. The Morgan fingerprint density at radius 1 is 1.30 bits per heavy atom. The molecule has 1 fully saturated rings. The minimum Gasteiger partial charge on any atom is -0.343 e.